The number of alkyl halides is 3. The zero-order valence-corrected chi connectivity index (χ0v) is 29.4. The fourth-order valence-electron chi connectivity index (χ4n) is 7.38. The Labute approximate surface area is 292 Å². The zero-order valence-electron chi connectivity index (χ0n) is 25.5. The van der Waals surface area contributed by atoms with Crippen molar-refractivity contribution in [3.8, 4) is 11.1 Å². The van der Waals surface area contributed by atoms with Crippen LogP contribution in [0.5, 0.6) is 0 Å². The van der Waals surface area contributed by atoms with E-state index in [-0.39, 0.29) is 28.4 Å². The average Bonchev–Trinajstić information content (AvgIpc) is 3.71. The van der Waals surface area contributed by atoms with E-state index < -0.39 is 33.0 Å². The van der Waals surface area contributed by atoms with Gasteiger partial charge in [0.25, 0.3) is 0 Å². The first-order chi connectivity index (χ1) is 21.9. The molecule has 47 heavy (non-hydrogen) atoms. The van der Waals surface area contributed by atoms with Crippen molar-refractivity contribution < 1.29 is 59.3 Å². The third-order valence-corrected chi connectivity index (χ3v) is 17.5. The second-order valence-electron chi connectivity index (χ2n) is 12.0. The van der Waals surface area contributed by atoms with Gasteiger partial charge in [-0.25, -0.2) is 0 Å². The van der Waals surface area contributed by atoms with E-state index in [2.05, 4.69) is 122 Å². The Kier molecular flexibility index (Phi) is 9.33. The van der Waals surface area contributed by atoms with Crippen LogP contribution in [0, 0.1) is 6.92 Å². The minimum atomic E-state index is -4.42. The number of hydrogen-bond donors (Lipinski definition) is 0. The summed E-state index contributed by atoms with van der Waals surface area (Å²) in [7, 11) is 0. The van der Waals surface area contributed by atoms with E-state index in [4.69, 9.17) is 0 Å². The number of benzene rings is 6. The first-order valence-corrected chi connectivity index (χ1v) is 19.2. The van der Waals surface area contributed by atoms with Crippen molar-refractivity contribution in [2.75, 3.05) is 0 Å². The SMILES string of the molecule is Cc1ccc(/[C](c2cccc(C(F)(F)F)c2)=[Zr+2](/[C]2=CC=CC2)[CH]2c3ccccc3-c3c2c2ccccc2c2ccccc32)cc1.[Cl-].[Cl-]. The summed E-state index contributed by atoms with van der Waals surface area (Å²) in [5.41, 5.74) is 7.40. The minimum Gasteiger partial charge on any atom is -1.00 e. The molecule has 6 heteroatoms. The van der Waals surface area contributed by atoms with E-state index in [1.54, 1.807) is 6.07 Å². The number of aryl methyl sites for hydroxylation is 1. The third kappa shape index (κ3) is 5.69. The standard InChI is InChI=1S/C21H13.C15H11F3.C5H5.2ClH.Zr/c1-2-8-15-14(7-1)13-20-18-11-4-3-9-16(18)17-10-5-6-12-19(17)21(15)20;1-11-5-7-12(8-6-11)9-13-3-2-4-14(10-13)15(16,17)18;1-2-4-5-3-1;;;/h1-13H;2-8,10H,1H3;1-3H,4H2;2*1H;/q;;;;;+2/p-2. The molecule has 6 aromatic carbocycles. The molecule has 1 atom stereocenters. The topological polar surface area (TPSA) is 0 Å². The summed E-state index contributed by atoms with van der Waals surface area (Å²) in [6.07, 6.45) is 3.01. The predicted molar refractivity (Wildman–Crippen MR) is 176 cm³/mol. The average molecular weight is 741 g/mol. The summed E-state index contributed by atoms with van der Waals surface area (Å²) < 4.78 is 45.2. The molecule has 8 rings (SSSR count). The van der Waals surface area contributed by atoms with Gasteiger partial charge in [0.1, 0.15) is 0 Å². The number of hydrogen-bond acceptors (Lipinski definition) is 0. The van der Waals surface area contributed by atoms with Crippen LogP contribution in [0.3, 0.4) is 0 Å². The van der Waals surface area contributed by atoms with Crippen LogP contribution < -0.4 is 24.8 Å². The van der Waals surface area contributed by atoms with Crippen molar-refractivity contribution in [1.29, 1.82) is 0 Å². The van der Waals surface area contributed by atoms with Crippen molar-refractivity contribution in [1.82, 2.24) is 0 Å². The quantitative estimate of drug-likeness (QED) is 0.220. The van der Waals surface area contributed by atoms with Crippen LogP contribution in [0.4, 0.5) is 13.2 Å². The molecule has 0 spiro atoms. The third-order valence-electron chi connectivity index (χ3n) is 9.30. The zero-order chi connectivity index (χ0) is 30.7. The maximum Gasteiger partial charge on any atom is -1.00 e. The Morgan fingerprint density at radius 3 is 2.00 bits per heavy atom. The van der Waals surface area contributed by atoms with Crippen LogP contribution in [-0.4, -0.2) is 3.21 Å². The number of halogens is 5. The van der Waals surface area contributed by atoms with Crippen LogP contribution in [0.25, 0.3) is 32.7 Å². The first-order valence-electron chi connectivity index (χ1n) is 15.3. The smallest absolute Gasteiger partial charge is 1.00 e. The summed E-state index contributed by atoms with van der Waals surface area (Å²) in [4.78, 5) is 0. The van der Waals surface area contributed by atoms with Crippen LogP contribution >= 0.6 is 0 Å². The molecule has 0 aromatic heterocycles. The van der Waals surface area contributed by atoms with Crippen LogP contribution in [0.15, 0.2) is 143 Å². The van der Waals surface area contributed by atoms with Gasteiger partial charge in [-0.15, -0.1) is 0 Å². The number of fused-ring (bicyclic) bond motifs is 8. The van der Waals surface area contributed by atoms with E-state index in [0.717, 1.165) is 20.8 Å². The molecule has 0 saturated carbocycles. The Bertz CT molecular complexity index is 2240. The predicted octanol–water partition coefficient (Wildman–Crippen LogP) is 5.13. The normalized spacial score (nSPS) is 15.0. The van der Waals surface area contributed by atoms with Gasteiger partial charge in [-0.05, 0) is 0 Å². The van der Waals surface area contributed by atoms with Gasteiger partial charge in [-0.1, -0.05) is 0 Å². The Morgan fingerprint density at radius 1 is 0.681 bits per heavy atom. The van der Waals surface area contributed by atoms with E-state index in [9.17, 15) is 13.2 Å². The largest absolute Gasteiger partial charge is 1.00 e. The molecule has 0 aliphatic heterocycles. The van der Waals surface area contributed by atoms with E-state index in [1.165, 1.54) is 59.2 Å². The molecular formula is C41H29Cl2F3Zr. The minimum absolute atomic E-state index is 0. The molecule has 0 fully saturated rings. The maximum atomic E-state index is 14.2. The molecule has 0 N–H and O–H groups in total. The molecule has 232 valence electrons. The van der Waals surface area contributed by atoms with Gasteiger partial charge in [-0.3, -0.25) is 0 Å². The van der Waals surface area contributed by atoms with Gasteiger partial charge in [0.2, 0.25) is 0 Å². The van der Waals surface area contributed by atoms with E-state index in [0.29, 0.717) is 5.56 Å². The van der Waals surface area contributed by atoms with Crippen molar-refractivity contribution in [2.24, 2.45) is 0 Å². The van der Waals surface area contributed by atoms with Crippen molar-refractivity contribution in [3.63, 3.8) is 0 Å². The van der Waals surface area contributed by atoms with Gasteiger partial charge in [0.15, 0.2) is 0 Å². The molecule has 6 aromatic rings. The van der Waals surface area contributed by atoms with Gasteiger partial charge >= 0.3 is 270 Å². The Morgan fingerprint density at radius 2 is 1.32 bits per heavy atom. The second-order valence-corrected chi connectivity index (χ2v) is 18.2. The van der Waals surface area contributed by atoms with Crippen LogP contribution in [0.1, 0.15) is 43.4 Å². The Balaban J connectivity index is 0.00000193. The first kappa shape index (κ1) is 33.3. The summed E-state index contributed by atoms with van der Waals surface area (Å²) in [5, 5.41) is 4.93. The molecule has 0 saturated heterocycles. The monoisotopic (exact) mass is 738 g/mol. The van der Waals surface area contributed by atoms with E-state index >= 15 is 0 Å². The Hall–Kier alpha value is -3.56. The summed E-state index contributed by atoms with van der Waals surface area (Å²) in [6, 6.07) is 40.6. The van der Waals surface area contributed by atoms with Crippen molar-refractivity contribution in [3.05, 3.63) is 176 Å². The molecule has 0 heterocycles. The summed E-state index contributed by atoms with van der Waals surface area (Å²) in [6.45, 7) is 2.05. The van der Waals surface area contributed by atoms with Crippen molar-refractivity contribution >= 4 is 24.8 Å². The molecule has 0 radical (unpaired) electrons. The van der Waals surface area contributed by atoms with Gasteiger partial charge in [0.05, 0.1) is 0 Å². The second kappa shape index (κ2) is 13.2. The molecule has 1 unspecified atom stereocenters. The van der Waals surface area contributed by atoms with Crippen LogP contribution in [0.2, 0.25) is 0 Å². The summed E-state index contributed by atoms with van der Waals surface area (Å²) in [5.74, 6) is 0. The van der Waals surface area contributed by atoms with E-state index in [1.807, 2.05) is 6.07 Å². The number of allylic oxidation sites excluding steroid dienone is 4. The molecular weight excluding hydrogens is 712 g/mol. The molecule has 0 nitrogen and oxygen atoms in total. The molecule has 2 aliphatic rings. The fourth-order valence-corrected chi connectivity index (χ4v) is 16.4. The molecule has 0 bridgehead atoms. The van der Waals surface area contributed by atoms with Gasteiger partial charge < -0.3 is 24.8 Å². The van der Waals surface area contributed by atoms with Crippen molar-refractivity contribution in [2.45, 2.75) is 23.1 Å². The van der Waals surface area contributed by atoms with Crippen LogP contribution in [-0.2, 0) is 27.4 Å². The van der Waals surface area contributed by atoms with Gasteiger partial charge in [0, 0.05) is 0 Å². The molecule has 2 aliphatic carbocycles. The maximum absolute atomic E-state index is 14.2. The number of rotatable bonds is 4. The summed E-state index contributed by atoms with van der Waals surface area (Å²) >= 11 is -3.19. The molecule has 0 amide bonds. The van der Waals surface area contributed by atoms with Gasteiger partial charge in [-0.2, -0.15) is 0 Å². The fraction of sp³-hybridized carbons (Fsp3) is 0.0976.